The summed E-state index contributed by atoms with van der Waals surface area (Å²) in [6, 6.07) is 14.2. The van der Waals surface area contributed by atoms with Gasteiger partial charge < -0.3 is 30.9 Å². The largest absolute Gasteiger partial charge is 0.497 e. The van der Waals surface area contributed by atoms with Crippen molar-refractivity contribution in [2.75, 3.05) is 41.3 Å². The van der Waals surface area contributed by atoms with E-state index in [0.717, 1.165) is 35.7 Å². The first-order valence-corrected chi connectivity index (χ1v) is 14.1. The van der Waals surface area contributed by atoms with Gasteiger partial charge in [-0.3, -0.25) is 4.79 Å². The van der Waals surface area contributed by atoms with Crippen LogP contribution in [0.2, 0.25) is 0 Å². The van der Waals surface area contributed by atoms with Crippen molar-refractivity contribution in [2.24, 2.45) is 0 Å². The predicted octanol–water partition coefficient (Wildman–Crippen LogP) is 5.03. The fourth-order valence-electron chi connectivity index (χ4n) is 3.64. The van der Waals surface area contributed by atoms with E-state index in [1.165, 1.54) is 18.1 Å². The topological polar surface area (TPSA) is 77.7 Å². The Bertz CT molecular complexity index is 1180. The normalized spacial score (nSPS) is 12.1. The highest BCUT2D eigenvalue weighted by Crippen LogP contribution is 2.32. The van der Waals surface area contributed by atoms with Gasteiger partial charge in [-0.25, -0.2) is 0 Å². The molecule has 2 aromatic rings. The lowest BCUT2D eigenvalue weighted by molar-refractivity contribution is -0.118. The first kappa shape index (κ1) is 37.4. The number of ether oxygens (including phenoxy) is 1. The zero-order chi connectivity index (χ0) is 31.4. The van der Waals surface area contributed by atoms with Gasteiger partial charge in [-0.1, -0.05) is 69.3 Å². The van der Waals surface area contributed by atoms with Crippen molar-refractivity contribution in [2.45, 2.75) is 46.7 Å². The molecule has 1 aliphatic rings. The van der Waals surface area contributed by atoms with Crippen LogP contribution in [-0.4, -0.2) is 57.1 Å². The van der Waals surface area contributed by atoms with Crippen LogP contribution in [0, 0.1) is 11.8 Å². The highest BCUT2D eigenvalue weighted by molar-refractivity contribution is 7.80. The van der Waals surface area contributed by atoms with Crippen LogP contribution in [0.5, 0.6) is 5.75 Å². The summed E-state index contributed by atoms with van der Waals surface area (Å²) >= 11 is 5.41. The van der Waals surface area contributed by atoms with Crippen LogP contribution in [0.1, 0.15) is 56.9 Å². The minimum atomic E-state index is -0.430. The quantitative estimate of drug-likeness (QED) is 0.271. The first-order valence-electron chi connectivity index (χ1n) is 13.7. The molecule has 1 amide bonds. The molecule has 0 aliphatic carbocycles. The Morgan fingerprint density at radius 3 is 2.29 bits per heavy atom. The van der Waals surface area contributed by atoms with Gasteiger partial charge >= 0.3 is 0 Å². The van der Waals surface area contributed by atoms with Crippen molar-refractivity contribution in [1.29, 1.82) is 0 Å². The van der Waals surface area contributed by atoms with Gasteiger partial charge in [0.25, 0.3) is 0 Å². The number of nitrogens with one attached hydrogen (secondary N) is 4. The molecule has 0 fully saturated rings. The number of benzene rings is 2. The van der Waals surface area contributed by atoms with Crippen LogP contribution >= 0.6 is 12.2 Å². The van der Waals surface area contributed by atoms with Crippen LogP contribution in [0.4, 0.5) is 0 Å². The maximum Gasteiger partial charge on any atom is 0.216 e. The molecule has 8 heteroatoms. The van der Waals surface area contributed by atoms with E-state index in [4.69, 9.17) is 17.0 Å². The average molecular weight is 580 g/mol. The van der Waals surface area contributed by atoms with Gasteiger partial charge in [-0.05, 0) is 69.5 Å². The Kier molecular flexibility index (Phi) is 18.5. The third-order valence-electron chi connectivity index (χ3n) is 6.07. The minimum Gasteiger partial charge on any atom is -0.497 e. The predicted molar refractivity (Wildman–Crippen MR) is 179 cm³/mol. The van der Waals surface area contributed by atoms with E-state index in [0.29, 0.717) is 11.5 Å². The standard InChI is InChI=1S/C16H21N3S.C11H13NO.C4H9NO.C2H6/c1-5-19-15(20)16(2,18-4)14-10-8-13(9-11-14)7-6-12-17-3;1-8-11-6-10(13-3)5-4-9(11)7-12(8)2;1-3-5-4(2)6;1-2/h5,8-11,17-18H,1,12H2,2-4H3,(H,19,20);4-6H,1,7H2,2-3H3;3H2,1-2H3,(H,5,6);1-2H3. The third-order valence-corrected chi connectivity index (χ3v) is 6.60. The van der Waals surface area contributed by atoms with Gasteiger partial charge in [0, 0.05) is 43.9 Å². The van der Waals surface area contributed by atoms with Crippen molar-refractivity contribution in [3.63, 3.8) is 0 Å². The lowest BCUT2D eigenvalue weighted by Crippen LogP contribution is -2.48. The number of methoxy groups -OCH3 is 1. The Morgan fingerprint density at radius 1 is 1.20 bits per heavy atom. The molecule has 0 saturated heterocycles. The Labute approximate surface area is 253 Å². The number of amides is 1. The molecule has 0 bridgehead atoms. The van der Waals surface area contributed by atoms with Crippen molar-refractivity contribution in [1.82, 2.24) is 26.2 Å². The van der Waals surface area contributed by atoms with E-state index >= 15 is 0 Å². The molecular formula is C33H49N5O2S. The summed E-state index contributed by atoms with van der Waals surface area (Å²) in [5.74, 6) is 7.08. The third kappa shape index (κ3) is 12.2. The molecule has 0 radical (unpaired) electrons. The zero-order valence-corrected chi connectivity index (χ0v) is 27.1. The van der Waals surface area contributed by atoms with Gasteiger partial charge in [0.1, 0.15) is 10.7 Å². The lowest BCUT2D eigenvalue weighted by Gasteiger charge is -2.30. The lowest BCUT2D eigenvalue weighted by atomic mass is 9.91. The summed E-state index contributed by atoms with van der Waals surface area (Å²) < 4.78 is 5.16. The van der Waals surface area contributed by atoms with Crippen LogP contribution in [0.3, 0.4) is 0 Å². The van der Waals surface area contributed by atoms with Gasteiger partial charge in [-0.2, -0.15) is 0 Å². The van der Waals surface area contributed by atoms with Gasteiger partial charge in [-0.15, -0.1) is 0 Å². The molecule has 0 aromatic heterocycles. The maximum absolute atomic E-state index is 9.93. The molecule has 4 N–H and O–H groups in total. The van der Waals surface area contributed by atoms with Gasteiger partial charge in [0.2, 0.25) is 5.91 Å². The molecule has 2 aromatic carbocycles. The van der Waals surface area contributed by atoms with Gasteiger partial charge in [0.05, 0.1) is 19.2 Å². The molecule has 7 nitrogen and oxygen atoms in total. The number of fused-ring (bicyclic) bond motifs is 1. The number of carbonyl (C=O) groups excluding carboxylic acids is 1. The molecule has 0 saturated carbocycles. The number of nitrogens with zero attached hydrogens (tertiary/aromatic N) is 1. The molecule has 3 rings (SSSR count). The van der Waals surface area contributed by atoms with Crippen molar-refractivity contribution >= 4 is 28.8 Å². The molecule has 41 heavy (non-hydrogen) atoms. The van der Waals surface area contributed by atoms with E-state index in [1.54, 1.807) is 13.3 Å². The Balaban J connectivity index is 0.000000648. The molecule has 224 valence electrons. The Morgan fingerprint density at radius 2 is 1.83 bits per heavy atom. The molecule has 0 spiro atoms. The van der Waals surface area contributed by atoms with E-state index in [1.807, 2.05) is 78.2 Å². The summed E-state index contributed by atoms with van der Waals surface area (Å²) in [6.45, 7) is 19.5. The van der Waals surface area contributed by atoms with Crippen molar-refractivity contribution < 1.29 is 9.53 Å². The summed E-state index contributed by atoms with van der Waals surface area (Å²) in [5, 5.41) is 11.8. The summed E-state index contributed by atoms with van der Waals surface area (Å²) in [5.41, 5.74) is 5.26. The highest BCUT2D eigenvalue weighted by Gasteiger charge is 2.29. The number of hydrogen-bond acceptors (Lipinski definition) is 6. The summed E-state index contributed by atoms with van der Waals surface area (Å²) in [6.07, 6.45) is 1.59. The van der Waals surface area contributed by atoms with Crippen LogP contribution in [0.25, 0.3) is 5.70 Å². The molecule has 1 heterocycles. The van der Waals surface area contributed by atoms with Crippen molar-refractivity contribution in [3.8, 4) is 17.6 Å². The second-order valence-corrected chi connectivity index (χ2v) is 9.28. The van der Waals surface area contributed by atoms with E-state index < -0.39 is 5.54 Å². The van der Waals surface area contributed by atoms with Crippen LogP contribution in [0.15, 0.2) is 61.8 Å². The number of likely N-dealkylation sites (N-methyl/N-ethyl adjacent to an activating group) is 1. The van der Waals surface area contributed by atoms with E-state index in [9.17, 15) is 4.79 Å². The Hall–Kier alpha value is -3.64. The zero-order valence-electron chi connectivity index (χ0n) is 26.3. The summed E-state index contributed by atoms with van der Waals surface area (Å²) in [7, 11) is 7.50. The fraction of sp³-hybridized carbons (Fsp3) is 0.394. The second kappa shape index (κ2) is 20.3. The number of hydrogen-bond donors (Lipinski definition) is 4. The average Bonchev–Trinajstić information content (AvgIpc) is 3.27. The molecule has 1 unspecified atom stereocenters. The number of rotatable bonds is 7. The number of thiocarbonyl (C=S) groups is 1. The van der Waals surface area contributed by atoms with Crippen molar-refractivity contribution in [3.05, 3.63) is 84.1 Å². The summed E-state index contributed by atoms with van der Waals surface area (Å²) in [4.78, 5) is 12.8. The maximum atomic E-state index is 9.93. The minimum absolute atomic E-state index is 0.0394. The smallest absolute Gasteiger partial charge is 0.216 e. The van der Waals surface area contributed by atoms with Crippen LogP contribution < -0.4 is 26.0 Å². The van der Waals surface area contributed by atoms with Crippen LogP contribution in [-0.2, 0) is 16.9 Å². The second-order valence-electron chi connectivity index (χ2n) is 8.87. The number of carbonyl (C=O) groups is 1. The SMILES string of the molecule is C=C1c2cc(OC)ccc2CN1C.C=CNC(=S)C(C)(NC)c1ccc(C#CCNC)cc1.CC.CCNC(C)=O. The fourth-order valence-corrected chi connectivity index (χ4v) is 3.95. The van der Waals surface area contributed by atoms with Gasteiger partial charge in [0.15, 0.2) is 0 Å². The van der Waals surface area contributed by atoms with E-state index in [-0.39, 0.29) is 5.91 Å². The first-order chi connectivity index (χ1) is 19.6. The monoisotopic (exact) mass is 579 g/mol. The highest BCUT2D eigenvalue weighted by atomic mass is 32.1. The molecular weight excluding hydrogens is 530 g/mol. The van der Waals surface area contributed by atoms with E-state index in [2.05, 4.69) is 64.3 Å². The molecule has 1 atom stereocenters. The molecule has 1 aliphatic heterocycles.